The number of esters is 1. The predicted molar refractivity (Wildman–Crippen MR) is 95.8 cm³/mol. The molecule has 3 rings (SSSR count). The van der Waals surface area contributed by atoms with Crippen LogP contribution in [-0.4, -0.2) is 25.6 Å². The lowest BCUT2D eigenvalue weighted by atomic mass is 10.1. The first kappa shape index (κ1) is 17.7. The molecule has 0 radical (unpaired) electrons. The van der Waals surface area contributed by atoms with E-state index in [1.165, 1.54) is 24.3 Å². The number of hydrogen-bond donors (Lipinski definition) is 0. The van der Waals surface area contributed by atoms with E-state index in [1.54, 1.807) is 31.4 Å². The van der Waals surface area contributed by atoms with Crippen LogP contribution in [0.2, 0.25) is 0 Å². The number of methoxy groups -OCH3 is 1. The van der Waals surface area contributed by atoms with Crippen molar-refractivity contribution in [2.45, 2.75) is 13.3 Å². The molecule has 1 heterocycles. The Hall–Kier alpha value is -3.15. The molecule has 5 nitrogen and oxygen atoms in total. The Balaban J connectivity index is 1.86. The molecule has 0 fully saturated rings. The highest BCUT2D eigenvalue weighted by Crippen LogP contribution is 2.30. The molecule has 0 atom stereocenters. The van der Waals surface area contributed by atoms with E-state index < -0.39 is 5.97 Å². The predicted octanol–water partition coefficient (Wildman–Crippen LogP) is 3.97. The van der Waals surface area contributed by atoms with E-state index in [9.17, 15) is 9.18 Å². The Labute approximate surface area is 150 Å². The molecule has 0 aromatic heterocycles. The van der Waals surface area contributed by atoms with Crippen LogP contribution in [0.15, 0.2) is 53.2 Å². The number of cyclic esters (lactones) is 1. The second-order valence-corrected chi connectivity index (χ2v) is 5.60. The Morgan fingerprint density at radius 1 is 1.15 bits per heavy atom. The Kier molecular flexibility index (Phi) is 5.31. The topological polar surface area (TPSA) is 57.1 Å². The zero-order valence-corrected chi connectivity index (χ0v) is 14.5. The molecule has 0 N–H and O–H groups in total. The van der Waals surface area contributed by atoms with Gasteiger partial charge in [0.15, 0.2) is 17.2 Å². The fourth-order valence-electron chi connectivity index (χ4n) is 2.39. The molecule has 134 valence electrons. The summed E-state index contributed by atoms with van der Waals surface area (Å²) in [5.74, 6) is 0.431. The second-order valence-electron chi connectivity index (χ2n) is 5.60. The molecular weight excluding hydrogens is 337 g/mol. The van der Waals surface area contributed by atoms with Crippen molar-refractivity contribution in [3.8, 4) is 11.5 Å². The van der Waals surface area contributed by atoms with Crippen molar-refractivity contribution >= 4 is 17.9 Å². The fourth-order valence-corrected chi connectivity index (χ4v) is 2.39. The van der Waals surface area contributed by atoms with E-state index in [-0.39, 0.29) is 17.4 Å². The van der Waals surface area contributed by atoms with Gasteiger partial charge in [-0.1, -0.05) is 13.0 Å². The number of benzene rings is 2. The summed E-state index contributed by atoms with van der Waals surface area (Å²) in [4.78, 5) is 16.3. The summed E-state index contributed by atoms with van der Waals surface area (Å²) in [6.45, 7) is 2.61. The third-order valence-electron chi connectivity index (χ3n) is 3.66. The number of rotatable bonds is 6. The molecule has 26 heavy (non-hydrogen) atoms. The number of halogens is 1. The Morgan fingerprint density at radius 3 is 2.62 bits per heavy atom. The highest BCUT2D eigenvalue weighted by Gasteiger charge is 2.24. The summed E-state index contributed by atoms with van der Waals surface area (Å²) >= 11 is 0. The van der Waals surface area contributed by atoms with E-state index in [0.29, 0.717) is 23.7 Å². The maximum absolute atomic E-state index is 13.0. The summed E-state index contributed by atoms with van der Waals surface area (Å²) in [5, 5.41) is 0. The van der Waals surface area contributed by atoms with Gasteiger partial charge in [0.1, 0.15) is 5.82 Å². The molecule has 2 aromatic carbocycles. The van der Waals surface area contributed by atoms with Gasteiger partial charge >= 0.3 is 5.97 Å². The maximum atomic E-state index is 13.0. The summed E-state index contributed by atoms with van der Waals surface area (Å²) < 4.78 is 29.1. The summed E-state index contributed by atoms with van der Waals surface area (Å²) in [7, 11) is 1.56. The van der Waals surface area contributed by atoms with Gasteiger partial charge in [0.2, 0.25) is 5.90 Å². The average molecular weight is 355 g/mol. The van der Waals surface area contributed by atoms with Gasteiger partial charge in [-0.15, -0.1) is 0 Å². The highest BCUT2D eigenvalue weighted by atomic mass is 19.1. The van der Waals surface area contributed by atoms with E-state index in [2.05, 4.69) is 4.99 Å². The second kappa shape index (κ2) is 7.82. The molecule has 1 aliphatic heterocycles. The maximum Gasteiger partial charge on any atom is 0.363 e. The quantitative estimate of drug-likeness (QED) is 0.581. The third kappa shape index (κ3) is 3.91. The molecule has 6 heteroatoms. The molecule has 0 saturated heterocycles. The molecule has 2 aromatic rings. The molecule has 0 bridgehead atoms. The van der Waals surface area contributed by atoms with Crippen molar-refractivity contribution in [1.29, 1.82) is 0 Å². The van der Waals surface area contributed by atoms with Gasteiger partial charge in [-0.05, 0) is 54.5 Å². The van der Waals surface area contributed by atoms with Crippen LogP contribution in [0.3, 0.4) is 0 Å². The molecule has 0 spiro atoms. The van der Waals surface area contributed by atoms with Crippen LogP contribution in [0, 0.1) is 5.82 Å². The normalized spacial score (nSPS) is 15.0. The first-order valence-electron chi connectivity index (χ1n) is 8.20. The Morgan fingerprint density at radius 2 is 1.92 bits per heavy atom. The molecular formula is C20H18FNO4. The van der Waals surface area contributed by atoms with Crippen LogP contribution in [0.25, 0.3) is 6.08 Å². The van der Waals surface area contributed by atoms with Gasteiger partial charge in [-0.3, -0.25) is 0 Å². The van der Waals surface area contributed by atoms with Crippen LogP contribution in [-0.2, 0) is 9.53 Å². The minimum absolute atomic E-state index is 0.149. The number of ether oxygens (including phenoxy) is 3. The summed E-state index contributed by atoms with van der Waals surface area (Å²) in [6, 6.07) is 10.9. The van der Waals surface area contributed by atoms with E-state index in [1.807, 2.05) is 6.92 Å². The lowest BCUT2D eigenvalue weighted by Gasteiger charge is -2.10. The first-order valence-corrected chi connectivity index (χ1v) is 8.20. The van der Waals surface area contributed by atoms with Crippen LogP contribution >= 0.6 is 0 Å². The van der Waals surface area contributed by atoms with Crippen LogP contribution in [0.4, 0.5) is 4.39 Å². The van der Waals surface area contributed by atoms with Gasteiger partial charge in [-0.2, -0.15) is 0 Å². The monoisotopic (exact) mass is 355 g/mol. The lowest BCUT2D eigenvalue weighted by molar-refractivity contribution is -0.129. The van der Waals surface area contributed by atoms with Crippen molar-refractivity contribution in [1.82, 2.24) is 0 Å². The van der Waals surface area contributed by atoms with Gasteiger partial charge in [0.25, 0.3) is 0 Å². The van der Waals surface area contributed by atoms with Crippen LogP contribution in [0.1, 0.15) is 24.5 Å². The number of hydrogen-bond acceptors (Lipinski definition) is 5. The van der Waals surface area contributed by atoms with E-state index >= 15 is 0 Å². The van der Waals surface area contributed by atoms with Crippen molar-refractivity contribution in [3.05, 3.63) is 65.1 Å². The summed E-state index contributed by atoms with van der Waals surface area (Å²) in [5.41, 5.74) is 1.42. The first-order chi connectivity index (χ1) is 12.6. The number of carbonyl (C=O) groups is 1. The number of carbonyl (C=O) groups excluding carboxylic acids is 1. The minimum Gasteiger partial charge on any atom is -0.493 e. The van der Waals surface area contributed by atoms with Crippen molar-refractivity contribution in [2.24, 2.45) is 4.99 Å². The number of aliphatic imine (C=N–C) groups is 1. The third-order valence-corrected chi connectivity index (χ3v) is 3.66. The highest BCUT2D eigenvalue weighted by molar-refractivity contribution is 6.12. The molecule has 0 saturated carbocycles. The fraction of sp³-hybridized carbons (Fsp3) is 0.200. The minimum atomic E-state index is -0.561. The van der Waals surface area contributed by atoms with E-state index in [4.69, 9.17) is 14.2 Å². The standard InChI is InChI=1S/C20H18FNO4/c1-3-10-25-17-9-4-13(12-18(17)24-2)11-16-20(23)26-19(22-16)14-5-7-15(21)8-6-14/h4-9,11-12H,3,10H2,1-2H3/b16-11-. The van der Waals surface area contributed by atoms with Crippen molar-refractivity contribution in [3.63, 3.8) is 0 Å². The largest absolute Gasteiger partial charge is 0.493 e. The number of nitrogens with zero attached hydrogens (tertiary/aromatic N) is 1. The molecule has 0 aliphatic carbocycles. The van der Waals surface area contributed by atoms with Gasteiger partial charge < -0.3 is 14.2 Å². The van der Waals surface area contributed by atoms with Gasteiger partial charge in [0.05, 0.1) is 13.7 Å². The summed E-state index contributed by atoms with van der Waals surface area (Å²) in [6.07, 6.45) is 2.49. The zero-order valence-electron chi connectivity index (χ0n) is 14.5. The molecule has 1 aliphatic rings. The van der Waals surface area contributed by atoms with Crippen LogP contribution in [0.5, 0.6) is 11.5 Å². The van der Waals surface area contributed by atoms with Crippen molar-refractivity contribution < 1.29 is 23.4 Å². The van der Waals surface area contributed by atoms with Gasteiger partial charge in [0, 0.05) is 5.56 Å². The average Bonchev–Trinajstić information content (AvgIpc) is 3.01. The SMILES string of the molecule is CCCOc1ccc(/C=C2\N=C(c3ccc(F)cc3)OC2=O)cc1OC. The van der Waals surface area contributed by atoms with Gasteiger partial charge in [-0.25, -0.2) is 14.2 Å². The molecule has 0 amide bonds. The molecule has 0 unspecified atom stereocenters. The lowest BCUT2D eigenvalue weighted by Crippen LogP contribution is -2.05. The van der Waals surface area contributed by atoms with E-state index in [0.717, 1.165) is 12.0 Å². The Bertz CT molecular complexity index is 872. The van der Waals surface area contributed by atoms with Crippen molar-refractivity contribution in [2.75, 3.05) is 13.7 Å². The smallest absolute Gasteiger partial charge is 0.363 e. The zero-order chi connectivity index (χ0) is 18.5. The van der Waals surface area contributed by atoms with Crippen LogP contribution < -0.4 is 9.47 Å².